The van der Waals surface area contributed by atoms with E-state index in [-0.39, 0.29) is 17.7 Å². The second-order valence-electron chi connectivity index (χ2n) is 5.84. The van der Waals surface area contributed by atoms with Crippen LogP contribution in [0.2, 0.25) is 0 Å². The van der Waals surface area contributed by atoms with Crippen LogP contribution in [0.4, 0.5) is 10.8 Å². The molecule has 3 aromatic rings. The van der Waals surface area contributed by atoms with Gasteiger partial charge in [-0.2, -0.15) is 0 Å². The number of carbonyl (C=O) groups is 1. The number of amides is 1. The van der Waals surface area contributed by atoms with E-state index in [0.717, 1.165) is 15.8 Å². The van der Waals surface area contributed by atoms with Gasteiger partial charge in [-0.1, -0.05) is 35.2 Å². The Morgan fingerprint density at radius 1 is 1.27 bits per heavy atom. The predicted octanol–water partition coefficient (Wildman–Crippen LogP) is 4.46. The molecule has 3 rings (SSSR count). The van der Waals surface area contributed by atoms with E-state index in [1.165, 1.54) is 34.2 Å². The Morgan fingerprint density at radius 3 is 2.88 bits per heavy atom. The summed E-state index contributed by atoms with van der Waals surface area (Å²) in [7, 11) is 0. The Labute approximate surface area is 160 Å². The molecule has 0 saturated carbocycles. The van der Waals surface area contributed by atoms with Crippen molar-refractivity contribution in [2.45, 2.75) is 31.2 Å². The average molecular weight is 389 g/mol. The lowest BCUT2D eigenvalue weighted by Crippen LogP contribution is -2.27. The molecule has 0 aliphatic rings. The van der Waals surface area contributed by atoms with E-state index in [4.69, 9.17) is 4.42 Å². The zero-order valence-corrected chi connectivity index (χ0v) is 16.4. The van der Waals surface area contributed by atoms with Crippen LogP contribution in [0.5, 0.6) is 0 Å². The van der Waals surface area contributed by atoms with E-state index in [2.05, 4.69) is 40.7 Å². The summed E-state index contributed by atoms with van der Waals surface area (Å²) in [5.41, 5.74) is 3.42. The number of carbonyl (C=O) groups excluding carboxylic acids is 1. The molecule has 0 fully saturated rings. The second kappa shape index (κ2) is 8.37. The minimum atomic E-state index is -0.158. The topological polar surface area (TPSA) is 80.0 Å². The van der Waals surface area contributed by atoms with E-state index in [9.17, 15) is 4.79 Å². The molecule has 0 spiro atoms. The summed E-state index contributed by atoms with van der Waals surface area (Å²) in [4.78, 5) is 12.1. The van der Waals surface area contributed by atoms with E-state index >= 15 is 0 Å². The number of nitrogens with one attached hydrogen (secondary N) is 2. The highest BCUT2D eigenvalue weighted by Crippen LogP contribution is 2.29. The van der Waals surface area contributed by atoms with Gasteiger partial charge in [0.25, 0.3) is 0 Å². The summed E-state index contributed by atoms with van der Waals surface area (Å²) in [6, 6.07) is 9.58. The molecule has 0 bridgehead atoms. The molecule has 8 heteroatoms. The Morgan fingerprint density at radius 2 is 2.12 bits per heavy atom. The Balaban J connectivity index is 1.52. The minimum absolute atomic E-state index is 0.0712. The monoisotopic (exact) mass is 388 g/mol. The van der Waals surface area contributed by atoms with Gasteiger partial charge in [-0.15, -0.1) is 10.2 Å². The van der Waals surface area contributed by atoms with Crippen LogP contribution in [0.1, 0.15) is 29.9 Å². The van der Waals surface area contributed by atoms with Crippen molar-refractivity contribution in [2.24, 2.45) is 0 Å². The average Bonchev–Trinajstić information content (AvgIpc) is 3.29. The summed E-state index contributed by atoms with van der Waals surface area (Å²) < 4.78 is 6.04. The molecule has 2 heterocycles. The van der Waals surface area contributed by atoms with Crippen molar-refractivity contribution >= 4 is 39.8 Å². The van der Waals surface area contributed by atoms with Crippen molar-refractivity contribution in [1.29, 1.82) is 0 Å². The molecule has 0 aliphatic carbocycles. The first-order valence-electron chi connectivity index (χ1n) is 8.15. The number of furan rings is 1. The first-order valence-corrected chi connectivity index (χ1v) is 9.95. The van der Waals surface area contributed by atoms with Gasteiger partial charge < -0.3 is 15.1 Å². The lowest BCUT2D eigenvalue weighted by Gasteiger charge is -2.10. The third kappa shape index (κ3) is 4.64. The lowest BCUT2D eigenvalue weighted by atomic mass is 10.1. The normalized spacial score (nSPS) is 12.0. The molecule has 0 saturated heterocycles. The third-order valence-corrected chi connectivity index (χ3v) is 5.90. The number of hydrogen-bond donors (Lipinski definition) is 2. The molecule has 26 heavy (non-hydrogen) atoms. The Hall–Kier alpha value is -2.32. The zero-order valence-electron chi connectivity index (χ0n) is 14.8. The highest BCUT2D eigenvalue weighted by Gasteiger charge is 2.13. The second-order valence-corrected chi connectivity index (χ2v) is 8.04. The van der Waals surface area contributed by atoms with Crippen molar-refractivity contribution in [1.82, 2.24) is 15.5 Å². The van der Waals surface area contributed by atoms with Gasteiger partial charge in [-0.25, -0.2) is 0 Å². The first-order chi connectivity index (χ1) is 12.5. The molecule has 2 aromatic heterocycles. The SMILES string of the molecule is Cc1cccc(Nc2nnc(SCC(=O)N[C@H](C)c3ccco3)s2)c1C. The Kier molecular flexibility index (Phi) is 5.95. The molecule has 1 aromatic carbocycles. The van der Waals surface area contributed by atoms with Gasteiger partial charge in [0.1, 0.15) is 5.76 Å². The van der Waals surface area contributed by atoms with Crippen molar-refractivity contribution in [3.63, 3.8) is 0 Å². The standard InChI is InChI=1S/C18H20N4O2S2/c1-11-6-4-7-14(12(11)2)20-17-21-22-18(26-17)25-10-16(23)19-13(3)15-8-5-9-24-15/h4-9,13H,10H2,1-3H3,(H,19,23)(H,20,21)/t13-/m1/s1. The fraction of sp³-hybridized carbons (Fsp3) is 0.278. The maximum atomic E-state index is 12.1. The minimum Gasteiger partial charge on any atom is -0.467 e. The predicted molar refractivity (Wildman–Crippen MR) is 105 cm³/mol. The molecule has 1 atom stereocenters. The number of aromatic nitrogens is 2. The number of thioether (sulfide) groups is 1. The summed E-state index contributed by atoms with van der Waals surface area (Å²) in [5.74, 6) is 0.945. The van der Waals surface area contributed by atoms with Crippen LogP contribution < -0.4 is 10.6 Å². The quantitative estimate of drug-likeness (QED) is 0.582. The molecular weight excluding hydrogens is 368 g/mol. The molecule has 2 N–H and O–H groups in total. The summed E-state index contributed by atoms with van der Waals surface area (Å²) in [6.45, 7) is 6.03. The van der Waals surface area contributed by atoms with Gasteiger partial charge in [0, 0.05) is 5.69 Å². The summed E-state index contributed by atoms with van der Waals surface area (Å²) in [6.07, 6.45) is 1.60. The number of anilines is 2. The van der Waals surface area contributed by atoms with Gasteiger partial charge in [-0.3, -0.25) is 4.79 Å². The van der Waals surface area contributed by atoms with Crippen LogP contribution >= 0.6 is 23.1 Å². The zero-order chi connectivity index (χ0) is 18.5. The van der Waals surface area contributed by atoms with Crippen LogP contribution in [0, 0.1) is 13.8 Å². The summed E-state index contributed by atoms with van der Waals surface area (Å²) >= 11 is 2.80. The highest BCUT2D eigenvalue weighted by molar-refractivity contribution is 8.01. The largest absolute Gasteiger partial charge is 0.467 e. The van der Waals surface area contributed by atoms with Crippen LogP contribution in [-0.4, -0.2) is 21.9 Å². The van der Waals surface area contributed by atoms with Crippen LogP contribution in [0.3, 0.4) is 0 Å². The van der Waals surface area contributed by atoms with Gasteiger partial charge in [0.2, 0.25) is 11.0 Å². The lowest BCUT2D eigenvalue weighted by molar-refractivity contribution is -0.119. The fourth-order valence-corrected chi connectivity index (χ4v) is 3.91. The summed E-state index contributed by atoms with van der Waals surface area (Å²) in [5, 5.41) is 15.2. The maximum Gasteiger partial charge on any atom is 0.231 e. The first kappa shape index (κ1) is 18.5. The maximum absolute atomic E-state index is 12.1. The van der Waals surface area contributed by atoms with Crippen LogP contribution in [0.15, 0.2) is 45.4 Å². The molecular formula is C18H20N4O2S2. The van der Waals surface area contributed by atoms with Crippen molar-refractivity contribution in [3.8, 4) is 0 Å². The fourth-order valence-electron chi connectivity index (χ4n) is 2.34. The van der Waals surface area contributed by atoms with Crippen LogP contribution in [0.25, 0.3) is 0 Å². The van der Waals surface area contributed by atoms with Crippen LogP contribution in [-0.2, 0) is 4.79 Å². The molecule has 136 valence electrons. The molecule has 0 radical (unpaired) electrons. The van der Waals surface area contributed by atoms with Gasteiger partial charge in [0.15, 0.2) is 4.34 Å². The highest BCUT2D eigenvalue weighted by atomic mass is 32.2. The number of nitrogens with zero attached hydrogens (tertiary/aromatic N) is 2. The molecule has 0 aliphatic heterocycles. The van der Waals surface area contributed by atoms with E-state index in [1.54, 1.807) is 12.3 Å². The Bertz CT molecular complexity index is 877. The van der Waals surface area contributed by atoms with Gasteiger partial charge >= 0.3 is 0 Å². The van der Waals surface area contributed by atoms with E-state index in [0.29, 0.717) is 5.13 Å². The van der Waals surface area contributed by atoms with Gasteiger partial charge in [-0.05, 0) is 50.1 Å². The molecule has 6 nitrogen and oxygen atoms in total. The van der Waals surface area contributed by atoms with Gasteiger partial charge in [0.05, 0.1) is 18.1 Å². The van der Waals surface area contributed by atoms with E-state index in [1.807, 2.05) is 25.1 Å². The molecule has 0 unspecified atom stereocenters. The third-order valence-electron chi connectivity index (χ3n) is 3.93. The van der Waals surface area contributed by atoms with E-state index < -0.39 is 0 Å². The van der Waals surface area contributed by atoms with Crippen molar-refractivity contribution in [3.05, 3.63) is 53.5 Å². The van der Waals surface area contributed by atoms with Crippen molar-refractivity contribution < 1.29 is 9.21 Å². The number of hydrogen-bond acceptors (Lipinski definition) is 7. The number of rotatable bonds is 7. The number of aryl methyl sites for hydroxylation is 1. The van der Waals surface area contributed by atoms with Crippen molar-refractivity contribution in [2.75, 3.05) is 11.1 Å². The smallest absolute Gasteiger partial charge is 0.231 e. The number of benzene rings is 1. The molecule has 1 amide bonds.